The fourth-order valence-electron chi connectivity index (χ4n) is 3.89. The average Bonchev–Trinajstić information content (AvgIpc) is 2.61. The molecule has 1 atom stereocenters. The number of piperidine rings is 1. The van der Waals surface area contributed by atoms with Crippen LogP contribution in [0.3, 0.4) is 0 Å². The van der Waals surface area contributed by atoms with E-state index in [0.717, 1.165) is 25.9 Å². The third-order valence-electron chi connectivity index (χ3n) is 5.52. The molecule has 2 aromatic rings. The number of urea groups is 1. The monoisotopic (exact) mass is 339 g/mol. The van der Waals surface area contributed by atoms with Crippen LogP contribution in [0.2, 0.25) is 0 Å². The quantitative estimate of drug-likeness (QED) is 0.919. The first kappa shape index (κ1) is 17.7. The topological polar surface area (TPSA) is 35.6 Å². The molecular formula is C21H29N3O. The zero-order valence-corrected chi connectivity index (χ0v) is 15.7. The Labute approximate surface area is 150 Å². The number of carbonyl (C=O) groups excluding carboxylic acids is 1. The van der Waals surface area contributed by atoms with Crippen molar-refractivity contribution in [3.8, 4) is 0 Å². The molecule has 0 saturated carbocycles. The fourth-order valence-corrected chi connectivity index (χ4v) is 3.89. The average molecular weight is 339 g/mol. The lowest BCUT2D eigenvalue weighted by Crippen LogP contribution is -2.48. The number of fused-ring (bicyclic) bond motifs is 1. The van der Waals surface area contributed by atoms with E-state index in [1.165, 1.54) is 21.9 Å². The summed E-state index contributed by atoms with van der Waals surface area (Å²) in [7, 11) is 4.07. The Morgan fingerprint density at radius 3 is 2.60 bits per heavy atom. The summed E-state index contributed by atoms with van der Waals surface area (Å²) < 4.78 is 0. The normalized spacial score (nSPS) is 17.4. The number of likely N-dealkylation sites (tertiary alicyclic amines) is 1. The lowest BCUT2D eigenvalue weighted by atomic mass is 9.95. The lowest BCUT2D eigenvalue weighted by Gasteiger charge is -2.35. The van der Waals surface area contributed by atoms with E-state index in [-0.39, 0.29) is 12.1 Å². The van der Waals surface area contributed by atoms with E-state index in [9.17, 15) is 4.79 Å². The van der Waals surface area contributed by atoms with Gasteiger partial charge in [0, 0.05) is 13.1 Å². The molecule has 1 aliphatic rings. The molecule has 0 bridgehead atoms. The van der Waals surface area contributed by atoms with Gasteiger partial charge in [-0.3, -0.25) is 0 Å². The minimum absolute atomic E-state index is 0.0210. The number of aryl methyl sites for hydroxylation is 1. The molecule has 0 aromatic heterocycles. The van der Waals surface area contributed by atoms with Crippen molar-refractivity contribution >= 4 is 16.8 Å². The van der Waals surface area contributed by atoms with Crippen molar-refractivity contribution in [2.24, 2.45) is 0 Å². The van der Waals surface area contributed by atoms with Crippen molar-refractivity contribution in [3.63, 3.8) is 0 Å². The van der Waals surface area contributed by atoms with E-state index in [2.05, 4.69) is 67.5 Å². The maximum atomic E-state index is 12.8. The van der Waals surface area contributed by atoms with Gasteiger partial charge in [-0.05, 0) is 68.7 Å². The Hall–Kier alpha value is -2.07. The van der Waals surface area contributed by atoms with Crippen LogP contribution in [-0.2, 0) is 0 Å². The van der Waals surface area contributed by atoms with Gasteiger partial charge in [0.25, 0.3) is 0 Å². The molecule has 1 unspecified atom stereocenters. The van der Waals surface area contributed by atoms with E-state index in [4.69, 9.17) is 0 Å². The SMILES string of the molecule is Cc1ccc2ccccc2c1C(C)NC(=O)N(C)C1CCN(C)CC1. The Bertz CT molecular complexity index is 750. The van der Waals surface area contributed by atoms with Gasteiger partial charge in [0.1, 0.15) is 0 Å². The minimum atomic E-state index is -0.0210. The van der Waals surface area contributed by atoms with E-state index in [1.807, 2.05) is 11.9 Å². The number of benzene rings is 2. The summed E-state index contributed by atoms with van der Waals surface area (Å²) in [5.41, 5.74) is 2.43. The Balaban J connectivity index is 1.75. The third-order valence-corrected chi connectivity index (χ3v) is 5.52. The van der Waals surface area contributed by atoms with Crippen LogP contribution in [0, 0.1) is 6.92 Å². The first-order valence-corrected chi connectivity index (χ1v) is 9.17. The molecule has 1 heterocycles. The van der Waals surface area contributed by atoms with Crippen LogP contribution < -0.4 is 5.32 Å². The summed E-state index contributed by atoms with van der Waals surface area (Å²) >= 11 is 0. The van der Waals surface area contributed by atoms with Crippen molar-refractivity contribution in [2.75, 3.05) is 27.2 Å². The highest BCUT2D eigenvalue weighted by atomic mass is 16.2. The Kier molecular flexibility index (Phi) is 5.28. The zero-order valence-electron chi connectivity index (χ0n) is 15.7. The standard InChI is InChI=1S/C21H29N3O/c1-15-9-10-17-7-5-6-8-19(17)20(15)16(2)22-21(25)24(4)18-11-13-23(3)14-12-18/h5-10,16,18H,11-14H2,1-4H3,(H,22,25). The smallest absolute Gasteiger partial charge is 0.317 e. The summed E-state index contributed by atoms with van der Waals surface area (Å²) in [6.07, 6.45) is 2.09. The summed E-state index contributed by atoms with van der Waals surface area (Å²) in [6, 6.07) is 13.0. The number of hydrogen-bond acceptors (Lipinski definition) is 2. The van der Waals surface area contributed by atoms with Gasteiger partial charge >= 0.3 is 6.03 Å². The van der Waals surface area contributed by atoms with Crippen molar-refractivity contribution in [1.82, 2.24) is 15.1 Å². The molecule has 0 aliphatic carbocycles. The van der Waals surface area contributed by atoms with Gasteiger partial charge in [-0.25, -0.2) is 4.79 Å². The van der Waals surface area contributed by atoms with Crippen LogP contribution in [-0.4, -0.2) is 49.1 Å². The number of rotatable bonds is 3. The van der Waals surface area contributed by atoms with Crippen molar-refractivity contribution in [1.29, 1.82) is 0 Å². The molecule has 0 radical (unpaired) electrons. The van der Waals surface area contributed by atoms with Gasteiger partial charge in [-0.2, -0.15) is 0 Å². The predicted octanol–water partition coefficient (Wildman–Crippen LogP) is 3.94. The van der Waals surface area contributed by atoms with E-state index >= 15 is 0 Å². The largest absolute Gasteiger partial charge is 0.331 e. The first-order valence-electron chi connectivity index (χ1n) is 9.17. The van der Waals surface area contributed by atoms with E-state index < -0.39 is 0 Å². The summed E-state index contributed by atoms with van der Waals surface area (Å²) in [6.45, 7) is 6.31. The fraction of sp³-hybridized carbons (Fsp3) is 0.476. The van der Waals surface area contributed by atoms with Gasteiger partial charge in [-0.15, -0.1) is 0 Å². The molecule has 3 rings (SSSR count). The molecule has 4 heteroatoms. The van der Waals surface area contributed by atoms with Crippen molar-refractivity contribution in [3.05, 3.63) is 47.5 Å². The third kappa shape index (κ3) is 3.79. The maximum absolute atomic E-state index is 12.8. The molecule has 4 nitrogen and oxygen atoms in total. The van der Waals surface area contributed by atoms with Crippen LogP contribution in [0.15, 0.2) is 36.4 Å². The predicted molar refractivity (Wildman–Crippen MR) is 104 cm³/mol. The second kappa shape index (κ2) is 7.44. The molecule has 1 aliphatic heterocycles. The molecule has 134 valence electrons. The minimum Gasteiger partial charge on any atom is -0.331 e. The van der Waals surface area contributed by atoms with Crippen molar-refractivity contribution < 1.29 is 4.79 Å². The molecule has 2 amide bonds. The molecule has 0 spiro atoms. The van der Waals surface area contributed by atoms with Crippen molar-refractivity contribution in [2.45, 2.75) is 38.8 Å². The number of nitrogens with zero attached hydrogens (tertiary/aromatic N) is 2. The van der Waals surface area contributed by atoms with Crippen LogP contribution in [0.5, 0.6) is 0 Å². The molecule has 25 heavy (non-hydrogen) atoms. The summed E-state index contributed by atoms with van der Waals surface area (Å²) in [5.74, 6) is 0. The Morgan fingerprint density at radius 2 is 1.88 bits per heavy atom. The molecule has 1 fully saturated rings. The summed E-state index contributed by atoms with van der Waals surface area (Å²) in [5, 5.41) is 5.65. The molecule has 1 N–H and O–H groups in total. The summed E-state index contributed by atoms with van der Waals surface area (Å²) in [4.78, 5) is 17.0. The second-order valence-corrected chi connectivity index (χ2v) is 7.33. The van der Waals surface area contributed by atoms with Gasteiger partial charge < -0.3 is 15.1 Å². The van der Waals surface area contributed by atoms with E-state index in [0.29, 0.717) is 6.04 Å². The van der Waals surface area contributed by atoms with Crippen LogP contribution >= 0.6 is 0 Å². The maximum Gasteiger partial charge on any atom is 0.317 e. The molecular weight excluding hydrogens is 310 g/mol. The van der Waals surface area contributed by atoms with E-state index in [1.54, 1.807) is 0 Å². The zero-order chi connectivity index (χ0) is 18.0. The molecule has 1 saturated heterocycles. The number of amides is 2. The van der Waals surface area contributed by atoms with Gasteiger partial charge in [0.15, 0.2) is 0 Å². The van der Waals surface area contributed by atoms with Gasteiger partial charge in [-0.1, -0.05) is 36.4 Å². The van der Waals surface area contributed by atoms with Crippen LogP contribution in [0.25, 0.3) is 10.8 Å². The van der Waals surface area contributed by atoms with Gasteiger partial charge in [0.2, 0.25) is 0 Å². The highest BCUT2D eigenvalue weighted by Gasteiger charge is 2.25. The molecule has 2 aromatic carbocycles. The number of hydrogen-bond donors (Lipinski definition) is 1. The van der Waals surface area contributed by atoms with Crippen LogP contribution in [0.1, 0.15) is 36.9 Å². The highest BCUT2D eigenvalue weighted by Crippen LogP contribution is 2.28. The Morgan fingerprint density at radius 1 is 1.20 bits per heavy atom. The van der Waals surface area contributed by atoms with Crippen LogP contribution in [0.4, 0.5) is 4.79 Å². The highest BCUT2D eigenvalue weighted by molar-refractivity contribution is 5.87. The lowest BCUT2D eigenvalue weighted by molar-refractivity contribution is 0.146. The number of nitrogens with one attached hydrogen (secondary N) is 1. The first-order chi connectivity index (χ1) is 12.0. The second-order valence-electron chi connectivity index (χ2n) is 7.33. The van der Waals surface area contributed by atoms with Gasteiger partial charge in [0.05, 0.1) is 6.04 Å². The number of carbonyl (C=O) groups is 1.